The summed E-state index contributed by atoms with van der Waals surface area (Å²) in [4.78, 5) is 11.6. The van der Waals surface area contributed by atoms with Crippen LogP contribution in [0.1, 0.15) is 26.7 Å². The molecule has 18 heavy (non-hydrogen) atoms. The van der Waals surface area contributed by atoms with E-state index >= 15 is 0 Å². The van der Waals surface area contributed by atoms with Crippen LogP contribution in [0.2, 0.25) is 0 Å². The first kappa shape index (κ1) is 13.0. The first-order valence-corrected chi connectivity index (χ1v) is 7.37. The zero-order valence-corrected chi connectivity index (χ0v) is 11.3. The van der Waals surface area contributed by atoms with E-state index in [0.29, 0.717) is 23.3 Å². The second kappa shape index (κ2) is 4.35. The molecule has 4 heteroatoms. The van der Waals surface area contributed by atoms with Gasteiger partial charge in [-0.1, -0.05) is 24.3 Å². The Bertz CT molecular complexity index is 599. The molecule has 0 radical (unpaired) electrons. The van der Waals surface area contributed by atoms with Crippen LogP contribution in [0, 0.1) is 0 Å². The fourth-order valence-corrected chi connectivity index (χ4v) is 3.98. The maximum absolute atomic E-state index is 12.6. The van der Waals surface area contributed by atoms with Crippen molar-refractivity contribution in [2.24, 2.45) is 0 Å². The minimum Gasteiger partial charge on any atom is -0.295 e. The van der Waals surface area contributed by atoms with Crippen LogP contribution in [0.4, 0.5) is 0 Å². The molecule has 0 aromatic heterocycles. The van der Waals surface area contributed by atoms with Crippen molar-refractivity contribution < 1.29 is 13.2 Å². The van der Waals surface area contributed by atoms with Crippen LogP contribution in [0.15, 0.2) is 46.9 Å². The van der Waals surface area contributed by atoms with E-state index in [9.17, 15) is 13.2 Å². The molecule has 96 valence electrons. The molecule has 0 saturated heterocycles. The van der Waals surface area contributed by atoms with Crippen molar-refractivity contribution in [1.82, 2.24) is 0 Å². The van der Waals surface area contributed by atoms with Crippen molar-refractivity contribution in [3.8, 4) is 0 Å². The van der Waals surface area contributed by atoms with Crippen molar-refractivity contribution in [2.45, 2.75) is 36.3 Å². The van der Waals surface area contributed by atoms with E-state index in [-0.39, 0.29) is 5.78 Å². The number of allylic oxidation sites excluding steroid dienone is 1. The van der Waals surface area contributed by atoms with Gasteiger partial charge in [-0.15, -0.1) is 0 Å². The van der Waals surface area contributed by atoms with E-state index in [1.165, 1.54) is 6.92 Å². The number of Topliss-reactive ketones (excluding diaryl/α,β-unsaturated/α-hetero) is 1. The Kier molecular flexibility index (Phi) is 3.15. The second-order valence-corrected chi connectivity index (χ2v) is 7.27. The SMILES string of the molecule is CC(=O)C1=CC(C)(S(=O)(=O)c2ccccc2)CC1. The van der Waals surface area contributed by atoms with E-state index in [0.717, 1.165) is 0 Å². The molecule has 0 N–H and O–H groups in total. The van der Waals surface area contributed by atoms with Crippen molar-refractivity contribution in [3.63, 3.8) is 0 Å². The van der Waals surface area contributed by atoms with Gasteiger partial charge in [0.1, 0.15) is 0 Å². The largest absolute Gasteiger partial charge is 0.295 e. The van der Waals surface area contributed by atoms with Crippen molar-refractivity contribution in [2.75, 3.05) is 0 Å². The molecule has 0 saturated carbocycles. The first-order chi connectivity index (χ1) is 8.37. The second-order valence-electron chi connectivity index (χ2n) is 4.85. The van der Waals surface area contributed by atoms with Gasteiger partial charge in [-0.05, 0) is 44.4 Å². The van der Waals surface area contributed by atoms with Crippen LogP contribution in [-0.4, -0.2) is 18.9 Å². The molecular formula is C14H16O3S. The third-order valence-electron chi connectivity index (χ3n) is 3.49. The summed E-state index contributed by atoms with van der Waals surface area (Å²) in [6, 6.07) is 8.40. The molecule has 1 aromatic rings. The highest BCUT2D eigenvalue weighted by molar-refractivity contribution is 7.93. The lowest BCUT2D eigenvalue weighted by Crippen LogP contribution is -2.31. The van der Waals surface area contributed by atoms with Gasteiger partial charge in [0.25, 0.3) is 0 Å². The normalized spacial score (nSPS) is 23.8. The number of rotatable bonds is 3. The average molecular weight is 264 g/mol. The topological polar surface area (TPSA) is 51.2 Å². The maximum Gasteiger partial charge on any atom is 0.187 e. The van der Waals surface area contributed by atoms with Gasteiger partial charge < -0.3 is 0 Å². The smallest absolute Gasteiger partial charge is 0.187 e. The van der Waals surface area contributed by atoms with Crippen LogP contribution in [0.25, 0.3) is 0 Å². The van der Waals surface area contributed by atoms with E-state index in [4.69, 9.17) is 0 Å². The predicted molar refractivity (Wildman–Crippen MR) is 70.0 cm³/mol. The minimum atomic E-state index is -3.43. The lowest BCUT2D eigenvalue weighted by atomic mass is 10.1. The quantitative estimate of drug-likeness (QED) is 0.843. The highest BCUT2D eigenvalue weighted by Crippen LogP contribution is 2.38. The molecule has 0 fully saturated rings. The Morgan fingerprint density at radius 2 is 1.83 bits per heavy atom. The number of sulfone groups is 1. The van der Waals surface area contributed by atoms with Gasteiger partial charge >= 0.3 is 0 Å². The van der Waals surface area contributed by atoms with Crippen LogP contribution >= 0.6 is 0 Å². The average Bonchev–Trinajstić information content (AvgIpc) is 2.75. The number of hydrogen-bond donors (Lipinski definition) is 0. The fourth-order valence-electron chi connectivity index (χ4n) is 2.25. The molecule has 0 bridgehead atoms. The lowest BCUT2D eigenvalue weighted by molar-refractivity contribution is -0.113. The number of carbonyl (C=O) groups is 1. The van der Waals surface area contributed by atoms with Gasteiger partial charge in [-0.3, -0.25) is 4.79 Å². The lowest BCUT2D eigenvalue weighted by Gasteiger charge is -2.21. The van der Waals surface area contributed by atoms with Gasteiger partial charge in [0.15, 0.2) is 15.6 Å². The third-order valence-corrected chi connectivity index (χ3v) is 5.93. The number of carbonyl (C=O) groups excluding carboxylic acids is 1. The summed E-state index contributed by atoms with van der Waals surface area (Å²) < 4.78 is 24.2. The number of benzene rings is 1. The zero-order chi connectivity index (χ0) is 13.4. The first-order valence-electron chi connectivity index (χ1n) is 5.89. The van der Waals surface area contributed by atoms with Gasteiger partial charge in [0.2, 0.25) is 0 Å². The third kappa shape index (κ3) is 2.01. The molecule has 0 heterocycles. The zero-order valence-electron chi connectivity index (χ0n) is 10.5. The Labute approximate surface area is 107 Å². The molecule has 1 aromatic carbocycles. The van der Waals surface area contributed by atoms with Crippen molar-refractivity contribution >= 4 is 15.6 Å². The number of hydrogen-bond acceptors (Lipinski definition) is 3. The van der Waals surface area contributed by atoms with E-state index < -0.39 is 14.6 Å². The molecule has 1 aliphatic rings. The Balaban J connectivity index is 2.47. The molecule has 1 unspecified atom stereocenters. The summed E-state index contributed by atoms with van der Waals surface area (Å²) in [5.41, 5.74) is 0.622. The van der Waals surface area contributed by atoms with Gasteiger partial charge in [0, 0.05) is 0 Å². The van der Waals surface area contributed by atoms with Crippen LogP contribution in [0.5, 0.6) is 0 Å². The molecule has 0 amide bonds. The monoisotopic (exact) mass is 264 g/mol. The molecule has 2 rings (SSSR count). The molecule has 3 nitrogen and oxygen atoms in total. The van der Waals surface area contributed by atoms with Crippen LogP contribution < -0.4 is 0 Å². The van der Waals surface area contributed by atoms with Crippen molar-refractivity contribution in [3.05, 3.63) is 42.0 Å². The molecule has 0 spiro atoms. The van der Waals surface area contributed by atoms with Crippen LogP contribution in [-0.2, 0) is 14.6 Å². The van der Waals surface area contributed by atoms with Crippen LogP contribution in [0.3, 0.4) is 0 Å². The Hall–Kier alpha value is -1.42. The molecule has 0 aliphatic heterocycles. The van der Waals surface area contributed by atoms with E-state index in [2.05, 4.69) is 0 Å². The van der Waals surface area contributed by atoms with Crippen molar-refractivity contribution in [1.29, 1.82) is 0 Å². The molecule has 1 aliphatic carbocycles. The summed E-state index contributed by atoms with van der Waals surface area (Å²) in [5, 5.41) is 0. The summed E-state index contributed by atoms with van der Waals surface area (Å²) in [7, 11) is -3.43. The van der Waals surface area contributed by atoms with Gasteiger partial charge in [-0.2, -0.15) is 0 Å². The highest BCUT2D eigenvalue weighted by Gasteiger charge is 2.42. The number of ketones is 1. The summed E-state index contributed by atoms with van der Waals surface area (Å²) in [6.45, 7) is 3.16. The van der Waals surface area contributed by atoms with Gasteiger partial charge in [-0.25, -0.2) is 8.42 Å². The fraction of sp³-hybridized carbons (Fsp3) is 0.357. The molecular weight excluding hydrogens is 248 g/mol. The Morgan fingerprint density at radius 3 is 2.33 bits per heavy atom. The Morgan fingerprint density at radius 1 is 1.22 bits per heavy atom. The summed E-state index contributed by atoms with van der Waals surface area (Å²) in [6.07, 6.45) is 2.63. The summed E-state index contributed by atoms with van der Waals surface area (Å²) >= 11 is 0. The molecule has 1 atom stereocenters. The summed E-state index contributed by atoms with van der Waals surface area (Å²) in [5.74, 6) is -0.0398. The standard InChI is InChI=1S/C14H16O3S/c1-11(15)12-8-9-14(2,10-12)18(16,17)13-6-4-3-5-7-13/h3-7,10H,8-9H2,1-2H3. The maximum atomic E-state index is 12.6. The minimum absolute atomic E-state index is 0.0398. The predicted octanol–water partition coefficient (Wildman–Crippen LogP) is 2.53. The highest BCUT2D eigenvalue weighted by atomic mass is 32.2. The van der Waals surface area contributed by atoms with E-state index in [1.54, 1.807) is 43.3 Å². The van der Waals surface area contributed by atoms with E-state index in [1.807, 2.05) is 0 Å². The van der Waals surface area contributed by atoms with Gasteiger partial charge in [0.05, 0.1) is 9.64 Å².